The van der Waals surface area contributed by atoms with E-state index in [4.69, 9.17) is 11.6 Å². The van der Waals surface area contributed by atoms with Gasteiger partial charge in [0.1, 0.15) is 0 Å². The SMILES string of the molecule is CN1CCC(c2ccc(Cl)cc2)C(C(=O)O)C1.[LiH]. The number of benzene rings is 1. The fourth-order valence-corrected chi connectivity index (χ4v) is 2.60. The number of carbonyl (C=O) groups is 1. The second kappa shape index (κ2) is 6.63. The van der Waals surface area contributed by atoms with E-state index in [1.165, 1.54) is 0 Å². The van der Waals surface area contributed by atoms with Crippen molar-refractivity contribution in [2.75, 3.05) is 20.1 Å². The second-order valence-electron chi connectivity index (χ2n) is 4.65. The van der Waals surface area contributed by atoms with Crippen LogP contribution in [-0.2, 0) is 4.79 Å². The van der Waals surface area contributed by atoms with Gasteiger partial charge in [0.05, 0.1) is 5.92 Å². The van der Waals surface area contributed by atoms with Gasteiger partial charge in [-0.15, -0.1) is 0 Å². The molecule has 1 saturated heterocycles. The minimum atomic E-state index is -0.712. The molecule has 0 aromatic heterocycles. The van der Waals surface area contributed by atoms with E-state index in [0.717, 1.165) is 18.5 Å². The van der Waals surface area contributed by atoms with E-state index in [1.807, 2.05) is 31.3 Å². The summed E-state index contributed by atoms with van der Waals surface area (Å²) >= 11 is 5.85. The Bertz CT molecular complexity index is 410. The van der Waals surface area contributed by atoms with Crippen LogP contribution in [0, 0.1) is 5.92 Å². The molecule has 0 saturated carbocycles. The van der Waals surface area contributed by atoms with Crippen molar-refractivity contribution >= 4 is 36.4 Å². The first-order valence-electron chi connectivity index (χ1n) is 5.74. The van der Waals surface area contributed by atoms with Crippen molar-refractivity contribution < 1.29 is 9.90 Å². The molecule has 2 unspecified atom stereocenters. The number of carboxylic acid groups (broad SMARTS) is 1. The number of hydrogen-bond acceptors (Lipinski definition) is 2. The van der Waals surface area contributed by atoms with Gasteiger partial charge in [0.15, 0.2) is 0 Å². The van der Waals surface area contributed by atoms with Crippen LogP contribution in [-0.4, -0.2) is 55.0 Å². The summed E-state index contributed by atoms with van der Waals surface area (Å²) in [5.41, 5.74) is 1.08. The van der Waals surface area contributed by atoms with Gasteiger partial charge < -0.3 is 10.0 Å². The zero-order chi connectivity index (χ0) is 12.4. The fourth-order valence-electron chi connectivity index (χ4n) is 2.47. The topological polar surface area (TPSA) is 40.5 Å². The third-order valence-corrected chi connectivity index (χ3v) is 3.68. The Hall–Kier alpha value is -0.463. The number of hydrogen-bond donors (Lipinski definition) is 1. The molecule has 18 heavy (non-hydrogen) atoms. The monoisotopic (exact) mass is 261 g/mol. The third kappa shape index (κ3) is 3.52. The summed E-state index contributed by atoms with van der Waals surface area (Å²) in [5, 5.41) is 9.98. The van der Waals surface area contributed by atoms with E-state index in [2.05, 4.69) is 4.90 Å². The maximum atomic E-state index is 11.3. The molecule has 1 fully saturated rings. The Kier molecular flexibility index (Phi) is 5.74. The molecule has 0 radical (unpaired) electrons. The molecule has 0 bridgehead atoms. The van der Waals surface area contributed by atoms with Crippen LogP contribution < -0.4 is 0 Å². The molecular weight excluding hydrogens is 245 g/mol. The van der Waals surface area contributed by atoms with Crippen molar-refractivity contribution in [3.63, 3.8) is 0 Å². The molecular formula is C13H17ClLiNO2. The van der Waals surface area contributed by atoms with Crippen LogP contribution in [0.1, 0.15) is 17.9 Å². The van der Waals surface area contributed by atoms with Crippen LogP contribution in [0.25, 0.3) is 0 Å². The first-order valence-corrected chi connectivity index (χ1v) is 6.12. The van der Waals surface area contributed by atoms with Gasteiger partial charge in [0.25, 0.3) is 0 Å². The Morgan fingerprint density at radius 1 is 1.39 bits per heavy atom. The van der Waals surface area contributed by atoms with Crippen LogP contribution in [0.3, 0.4) is 0 Å². The average Bonchev–Trinajstić information content (AvgIpc) is 2.30. The van der Waals surface area contributed by atoms with Crippen LogP contribution in [0.4, 0.5) is 0 Å². The van der Waals surface area contributed by atoms with Gasteiger partial charge in [0.2, 0.25) is 0 Å². The van der Waals surface area contributed by atoms with Crippen molar-refractivity contribution in [2.24, 2.45) is 5.92 Å². The Balaban J connectivity index is 0.00000162. The second-order valence-corrected chi connectivity index (χ2v) is 5.09. The summed E-state index contributed by atoms with van der Waals surface area (Å²) in [6.07, 6.45) is 0.884. The van der Waals surface area contributed by atoms with E-state index in [9.17, 15) is 9.90 Å². The van der Waals surface area contributed by atoms with Crippen molar-refractivity contribution in [2.45, 2.75) is 12.3 Å². The van der Waals surface area contributed by atoms with Gasteiger partial charge in [-0.3, -0.25) is 4.79 Å². The Morgan fingerprint density at radius 3 is 2.56 bits per heavy atom. The van der Waals surface area contributed by atoms with Crippen molar-refractivity contribution in [1.82, 2.24) is 4.90 Å². The molecule has 1 heterocycles. The van der Waals surface area contributed by atoms with Gasteiger partial charge in [-0.05, 0) is 43.6 Å². The third-order valence-electron chi connectivity index (χ3n) is 3.43. The predicted molar refractivity (Wildman–Crippen MR) is 74.6 cm³/mol. The summed E-state index contributed by atoms with van der Waals surface area (Å²) in [6, 6.07) is 7.53. The Labute approximate surface area is 124 Å². The normalized spacial score (nSPS) is 24.3. The number of halogens is 1. The van der Waals surface area contributed by atoms with Gasteiger partial charge >= 0.3 is 24.8 Å². The summed E-state index contributed by atoms with van der Waals surface area (Å²) in [7, 11) is 1.97. The number of likely N-dealkylation sites (tertiary alicyclic amines) is 1. The molecule has 1 aromatic rings. The van der Waals surface area contributed by atoms with Crippen molar-refractivity contribution in [1.29, 1.82) is 0 Å². The quantitative estimate of drug-likeness (QED) is 0.826. The number of aliphatic carboxylic acids is 1. The van der Waals surface area contributed by atoms with E-state index < -0.39 is 5.97 Å². The summed E-state index contributed by atoms with van der Waals surface area (Å²) < 4.78 is 0. The molecule has 1 aromatic carbocycles. The molecule has 0 amide bonds. The molecule has 0 spiro atoms. The number of nitrogens with zero attached hydrogens (tertiary/aromatic N) is 1. The predicted octanol–water partition coefficient (Wildman–Crippen LogP) is 1.81. The zero-order valence-electron chi connectivity index (χ0n) is 9.77. The molecule has 1 aliphatic heterocycles. The van der Waals surface area contributed by atoms with E-state index >= 15 is 0 Å². The van der Waals surface area contributed by atoms with Crippen LogP contribution in [0.5, 0.6) is 0 Å². The fraction of sp³-hybridized carbons (Fsp3) is 0.462. The summed E-state index contributed by atoms with van der Waals surface area (Å²) in [6.45, 7) is 1.56. The molecule has 3 nitrogen and oxygen atoms in total. The van der Waals surface area contributed by atoms with Crippen molar-refractivity contribution in [3.8, 4) is 0 Å². The molecule has 5 heteroatoms. The van der Waals surface area contributed by atoms with Crippen LogP contribution in [0.15, 0.2) is 24.3 Å². The Morgan fingerprint density at radius 2 is 2.00 bits per heavy atom. The molecule has 94 valence electrons. The first-order chi connectivity index (χ1) is 8.08. The van der Waals surface area contributed by atoms with Crippen LogP contribution in [0.2, 0.25) is 5.02 Å². The number of piperidine rings is 1. The number of rotatable bonds is 2. The molecule has 1 aliphatic rings. The maximum absolute atomic E-state index is 11.3. The van der Waals surface area contributed by atoms with Crippen molar-refractivity contribution in [3.05, 3.63) is 34.9 Å². The van der Waals surface area contributed by atoms with Gasteiger partial charge in [-0.1, -0.05) is 23.7 Å². The summed E-state index contributed by atoms with van der Waals surface area (Å²) in [4.78, 5) is 13.4. The van der Waals surface area contributed by atoms with Gasteiger partial charge in [0, 0.05) is 11.6 Å². The van der Waals surface area contributed by atoms with E-state index in [0.29, 0.717) is 11.6 Å². The van der Waals surface area contributed by atoms with Gasteiger partial charge in [-0.25, -0.2) is 0 Å². The first kappa shape index (κ1) is 15.6. The van der Waals surface area contributed by atoms with Crippen LogP contribution >= 0.6 is 11.6 Å². The number of carboxylic acids is 1. The van der Waals surface area contributed by atoms with E-state index in [-0.39, 0.29) is 30.7 Å². The molecule has 1 N–H and O–H groups in total. The zero-order valence-corrected chi connectivity index (χ0v) is 10.5. The van der Waals surface area contributed by atoms with Gasteiger partial charge in [-0.2, -0.15) is 0 Å². The average molecular weight is 262 g/mol. The van der Waals surface area contributed by atoms with E-state index in [1.54, 1.807) is 0 Å². The minimum absolute atomic E-state index is 0. The molecule has 2 atom stereocenters. The molecule has 2 rings (SSSR count). The standard InChI is InChI=1S/C13H16ClNO2.Li.H/c1-15-7-6-11(12(8-15)13(16)17)9-2-4-10(14)5-3-9;;/h2-5,11-12H,6-8H2,1H3,(H,16,17);;. The summed E-state index contributed by atoms with van der Waals surface area (Å²) in [5.74, 6) is -0.938. The molecule has 0 aliphatic carbocycles.